The summed E-state index contributed by atoms with van der Waals surface area (Å²) in [7, 11) is 0. The Kier molecular flexibility index (Phi) is 4.81. The van der Waals surface area contributed by atoms with Gasteiger partial charge in [-0.3, -0.25) is 4.79 Å². The van der Waals surface area contributed by atoms with Crippen molar-refractivity contribution < 1.29 is 9.90 Å². The Hall–Kier alpha value is -1.02. The molecule has 1 unspecified atom stereocenters. The number of hydrogen-bond acceptors (Lipinski definition) is 1. The predicted octanol–water partition coefficient (Wildman–Crippen LogP) is 3.63. The highest BCUT2D eigenvalue weighted by Gasteiger charge is 2.18. The third-order valence-electron chi connectivity index (χ3n) is 2.82. The molecule has 1 rings (SSSR count). The Balaban J connectivity index is 2.76. The minimum Gasteiger partial charge on any atom is -0.481 e. The molecule has 0 saturated carbocycles. The van der Waals surface area contributed by atoms with Crippen LogP contribution >= 0.6 is 11.6 Å². The lowest BCUT2D eigenvalue weighted by Gasteiger charge is -2.19. The molecule has 1 N–H and O–H groups in total. The summed E-state index contributed by atoms with van der Waals surface area (Å²) >= 11 is 6.06. The monoisotopic (exact) mass is 240 g/mol. The molecule has 16 heavy (non-hydrogen) atoms. The number of carboxylic acid groups (broad SMARTS) is 1. The molecular weight excluding hydrogens is 224 g/mol. The van der Waals surface area contributed by atoms with E-state index in [1.165, 1.54) is 0 Å². The van der Waals surface area contributed by atoms with Gasteiger partial charge in [0, 0.05) is 11.4 Å². The summed E-state index contributed by atoms with van der Waals surface area (Å²) in [4.78, 5) is 10.8. The third-order valence-corrected chi connectivity index (χ3v) is 3.19. The zero-order valence-corrected chi connectivity index (χ0v) is 10.4. The average Bonchev–Trinajstić information content (AvgIpc) is 2.19. The van der Waals surface area contributed by atoms with E-state index in [9.17, 15) is 4.79 Å². The van der Waals surface area contributed by atoms with Gasteiger partial charge in [-0.25, -0.2) is 0 Å². The lowest BCUT2D eigenvalue weighted by atomic mass is 9.86. The molecule has 0 spiro atoms. The molecule has 3 heteroatoms. The van der Waals surface area contributed by atoms with Crippen molar-refractivity contribution >= 4 is 17.6 Å². The number of aliphatic carboxylic acids is 1. The van der Waals surface area contributed by atoms with E-state index in [2.05, 4.69) is 0 Å². The van der Waals surface area contributed by atoms with Gasteiger partial charge in [0.15, 0.2) is 0 Å². The smallest absolute Gasteiger partial charge is 0.303 e. The first-order chi connectivity index (χ1) is 7.50. The first kappa shape index (κ1) is 13.0. The summed E-state index contributed by atoms with van der Waals surface area (Å²) in [6, 6.07) is 7.61. The van der Waals surface area contributed by atoms with Gasteiger partial charge in [-0.1, -0.05) is 43.6 Å². The highest BCUT2D eigenvalue weighted by molar-refractivity contribution is 6.31. The summed E-state index contributed by atoms with van der Waals surface area (Å²) in [6.07, 6.45) is 0.923. The van der Waals surface area contributed by atoms with Crippen LogP contribution in [0, 0.1) is 11.8 Å². The van der Waals surface area contributed by atoms with Crippen LogP contribution in [0.1, 0.15) is 25.8 Å². The molecule has 0 aliphatic carbocycles. The predicted molar refractivity (Wildman–Crippen MR) is 65.7 cm³/mol. The van der Waals surface area contributed by atoms with Gasteiger partial charge >= 0.3 is 5.97 Å². The van der Waals surface area contributed by atoms with Gasteiger partial charge in [0.2, 0.25) is 0 Å². The Labute approximate surface area is 101 Å². The van der Waals surface area contributed by atoms with Crippen molar-refractivity contribution in [3.8, 4) is 0 Å². The molecule has 0 bridgehead atoms. The normalized spacial score (nSPS) is 12.8. The zero-order valence-electron chi connectivity index (χ0n) is 9.61. The van der Waals surface area contributed by atoms with Crippen LogP contribution in [0.15, 0.2) is 24.3 Å². The molecular formula is C13H17ClO2. The largest absolute Gasteiger partial charge is 0.481 e. The van der Waals surface area contributed by atoms with E-state index >= 15 is 0 Å². The number of rotatable bonds is 5. The van der Waals surface area contributed by atoms with Crippen LogP contribution < -0.4 is 0 Å². The molecule has 0 fully saturated rings. The molecule has 1 aromatic carbocycles. The topological polar surface area (TPSA) is 37.3 Å². The van der Waals surface area contributed by atoms with Gasteiger partial charge in [0.05, 0.1) is 0 Å². The van der Waals surface area contributed by atoms with Crippen molar-refractivity contribution in [3.63, 3.8) is 0 Å². The fourth-order valence-corrected chi connectivity index (χ4v) is 1.93. The molecule has 0 aromatic heterocycles. The molecule has 1 aromatic rings. The van der Waals surface area contributed by atoms with Crippen molar-refractivity contribution in [1.82, 2.24) is 0 Å². The van der Waals surface area contributed by atoms with Crippen molar-refractivity contribution in [3.05, 3.63) is 34.9 Å². The fraction of sp³-hybridized carbons (Fsp3) is 0.462. The Morgan fingerprint density at radius 3 is 2.50 bits per heavy atom. The minimum atomic E-state index is -0.745. The van der Waals surface area contributed by atoms with Crippen LogP contribution in [0.5, 0.6) is 0 Å². The van der Waals surface area contributed by atoms with Crippen molar-refractivity contribution in [2.75, 3.05) is 0 Å². The Morgan fingerprint density at radius 1 is 1.38 bits per heavy atom. The number of hydrogen-bond donors (Lipinski definition) is 1. The van der Waals surface area contributed by atoms with Crippen molar-refractivity contribution in [1.29, 1.82) is 0 Å². The van der Waals surface area contributed by atoms with E-state index in [0.29, 0.717) is 5.92 Å². The summed E-state index contributed by atoms with van der Waals surface area (Å²) in [5.41, 5.74) is 1.03. The molecule has 0 aliphatic rings. The molecule has 0 amide bonds. The SMILES string of the molecule is CC(C)C(CC(=O)O)Cc1ccccc1Cl. The van der Waals surface area contributed by atoms with Crippen LogP contribution in [0.4, 0.5) is 0 Å². The molecule has 0 heterocycles. The first-order valence-electron chi connectivity index (χ1n) is 5.46. The maximum Gasteiger partial charge on any atom is 0.303 e. The summed E-state index contributed by atoms with van der Waals surface area (Å²) in [5, 5.41) is 9.57. The molecule has 1 atom stereocenters. The molecule has 0 saturated heterocycles. The Bertz CT molecular complexity index is 361. The van der Waals surface area contributed by atoms with Crippen LogP contribution in [-0.2, 0) is 11.2 Å². The van der Waals surface area contributed by atoms with E-state index in [0.717, 1.165) is 17.0 Å². The van der Waals surface area contributed by atoms with E-state index in [4.69, 9.17) is 16.7 Å². The first-order valence-corrected chi connectivity index (χ1v) is 5.83. The maximum absolute atomic E-state index is 10.8. The number of carboxylic acids is 1. The lowest BCUT2D eigenvalue weighted by Crippen LogP contribution is -2.16. The van der Waals surface area contributed by atoms with E-state index in [-0.39, 0.29) is 12.3 Å². The summed E-state index contributed by atoms with van der Waals surface area (Å²) in [5.74, 6) is -0.268. The molecule has 2 nitrogen and oxygen atoms in total. The van der Waals surface area contributed by atoms with E-state index in [1.807, 2.05) is 38.1 Å². The lowest BCUT2D eigenvalue weighted by molar-refractivity contribution is -0.138. The second kappa shape index (κ2) is 5.90. The highest BCUT2D eigenvalue weighted by Crippen LogP contribution is 2.25. The molecule has 88 valence electrons. The van der Waals surface area contributed by atoms with Crippen LogP contribution in [0.3, 0.4) is 0 Å². The minimum absolute atomic E-state index is 0.136. The van der Waals surface area contributed by atoms with Gasteiger partial charge < -0.3 is 5.11 Å². The van der Waals surface area contributed by atoms with E-state index in [1.54, 1.807) is 0 Å². The van der Waals surface area contributed by atoms with Crippen LogP contribution in [0.2, 0.25) is 5.02 Å². The maximum atomic E-state index is 10.8. The molecule has 0 radical (unpaired) electrons. The van der Waals surface area contributed by atoms with Gasteiger partial charge in [-0.2, -0.15) is 0 Å². The second-order valence-corrected chi connectivity index (χ2v) is 4.80. The van der Waals surface area contributed by atoms with Crippen LogP contribution in [-0.4, -0.2) is 11.1 Å². The van der Waals surface area contributed by atoms with Crippen molar-refractivity contribution in [2.45, 2.75) is 26.7 Å². The van der Waals surface area contributed by atoms with E-state index < -0.39 is 5.97 Å². The summed E-state index contributed by atoms with van der Waals surface area (Å²) < 4.78 is 0. The van der Waals surface area contributed by atoms with Crippen LogP contribution in [0.25, 0.3) is 0 Å². The van der Waals surface area contributed by atoms with Gasteiger partial charge in [0.1, 0.15) is 0 Å². The molecule has 0 aliphatic heterocycles. The van der Waals surface area contributed by atoms with Gasteiger partial charge in [-0.05, 0) is 29.9 Å². The fourth-order valence-electron chi connectivity index (χ4n) is 1.71. The average molecular weight is 241 g/mol. The quantitative estimate of drug-likeness (QED) is 0.853. The zero-order chi connectivity index (χ0) is 12.1. The standard InChI is InChI=1S/C13H17ClO2/c1-9(2)11(8-13(15)16)7-10-5-3-4-6-12(10)14/h3-6,9,11H,7-8H2,1-2H3,(H,15,16). The second-order valence-electron chi connectivity index (χ2n) is 4.40. The van der Waals surface area contributed by atoms with Gasteiger partial charge in [0.25, 0.3) is 0 Å². The highest BCUT2D eigenvalue weighted by atomic mass is 35.5. The number of benzene rings is 1. The summed E-state index contributed by atoms with van der Waals surface area (Å²) in [6.45, 7) is 4.09. The Morgan fingerprint density at radius 2 is 2.00 bits per heavy atom. The van der Waals surface area contributed by atoms with Gasteiger partial charge in [-0.15, -0.1) is 0 Å². The third kappa shape index (κ3) is 3.86. The number of halogens is 1. The number of carbonyl (C=O) groups is 1. The van der Waals surface area contributed by atoms with Crippen molar-refractivity contribution in [2.24, 2.45) is 11.8 Å².